The molecule has 10 heteroatoms. The Hall–Kier alpha value is -4.08. The van der Waals surface area contributed by atoms with Gasteiger partial charge in [-0.15, -0.1) is 0 Å². The third-order valence-corrected chi connectivity index (χ3v) is 4.91. The minimum Gasteiger partial charge on any atom is -0.359 e. The Bertz CT molecular complexity index is 1390. The van der Waals surface area contributed by atoms with Crippen molar-refractivity contribution in [3.05, 3.63) is 60.0 Å². The van der Waals surface area contributed by atoms with E-state index in [-0.39, 0.29) is 17.8 Å². The van der Waals surface area contributed by atoms with Crippen LogP contribution in [0.4, 0.5) is 4.39 Å². The van der Waals surface area contributed by atoms with E-state index in [0.29, 0.717) is 39.4 Å². The lowest BCUT2D eigenvalue weighted by atomic mass is 10.1. The molecule has 0 fully saturated rings. The number of nitrogens with zero attached hydrogens (tertiary/aromatic N) is 5. The average molecular weight is 405 g/mol. The molecule has 1 aromatic carbocycles. The first kappa shape index (κ1) is 18.0. The maximum absolute atomic E-state index is 13.6. The molecule has 0 aliphatic rings. The number of rotatable bonds is 4. The summed E-state index contributed by atoms with van der Waals surface area (Å²) in [6, 6.07) is 5.77. The number of aromatic amines is 1. The fourth-order valence-corrected chi connectivity index (χ4v) is 3.39. The Morgan fingerprint density at radius 2 is 2.20 bits per heavy atom. The highest BCUT2D eigenvalue weighted by molar-refractivity contribution is 6.05. The molecule has 0 bridgehead atoms. The van der Waals surface area contributed by atoms with Gasteiger partial charge in [0.1, 0.15) is 22.7 Å². The van der Waals surface area contributed by atoms with Crippen molar-refractivity contribution in [3.8, 4) is 11.4 Å². The average Bonchev–Trinajstić information content (AvgIpc) is 3.46. The van der Waals surface area contributed by atoms with Gasteiger partial charge in [0.2, 0.25) is 0 Å². The number of fused-ring (bicyclic) bond motifs is 2. The second-order valence-corrected chi connectivity index (χ2v) is 6.90. The second-order valence-electron chi connectivity index (χ2n) is 6.90. The summed E-state index contributed by atoms with van der Waals surface area (Å²) in [5.41, 5.74) is 2.91. The maximum Gasteiger partial charge on any atom is 0.255 e. The van der Waals surface area contributed by atoms with Crippen molar-refractivity contribution >= 4 is 28.0 Å². The molecule has 0 saturated heterocycles. The van der Waals surface area contributed by atoms with Gasteiger partial charge in [-0.05, 0) is 25.1 Å². The van der Waals surface area contributed by atoms with Crippen LogP contribution in [0.5, 0.6) is 0 Å². The largest absolute Gasteiger partial charge is 0.359 e. The molecule has 0 aliphatic heterocycles. The first-order valence-electron chi connectivity index (χ1n) is 9.19. The van der Waals surface area contributed by atoms with Crippen molar-refractivity contribution in [2.45, 2.75) is 13.0 Å². The van der Waals surface area contributed by atoms with Gasteiger partial charge in [0.15, 0.2) is 11.4 Å². The molecule has 4 heterocycles. The molecular formula is C20H16FN7O2. The number of carbonyl (C=O) groups excluding carboxylic acids is 1. The monoisotopic (exact) mass is 405 g/mol. The van der Waals surface area contributed by atoms with E-state index in [2.05, 4.69) is 30.5 Å². The van der Waals surface area contributed by atoms with E-state index in [9.17, 15) is 9.18 Å². The minimum absolute atomic E-state index is 0.329. The summed E-state index contributed by atoms with van der Waals surface area (Å²) in [6.45, 7) is 1.80. The fourth-order valence-electron chi connectivity index (χ4n) is 3.39. The molecule has 0 aliphatic carbocycles. The summed E-state index contributed by atoms with van der Waals surface area (Å²) < 4.78 is 20.3. The van der Waals surface area contributed by atoms with Gasteiger partial charge in [0.05, 0.1) is 29.5 Å². The zero-order valence-electron chi connectivity index (χ0n) is 16.0. The standard InChI is InChI=1S/C20H16FN7O2/c1-10(16-5-6-24-30-16)25-20(29)13-8-22-19-18(13)26-14(9-23-19)17-12-4-3-11(21)7-15(12)28(2)27-17/h3-10H,1-2H3,(H,22,23)(H,25,29). The van der Waals surface area contributed by atoms with Gasteiger partial charge < -0.3 is 14.8 Å². The van der Waals surface area contributed by atoms with Crippen LogP contribution in [0.3, 0.4) is 0 Å². The van der Waals surface area contributed by atoms with Gasteiger partial charge in [0.25, 0.3) is 5.91 Å². The van der Waals surface area contributed by atoms with Crippen LogP contribution in [0.15, 0.2) is 47.4 Å². The molecule has 5 aromatic rings. The third-order valence-electron chi connectivity index (χ3n) is 4.91. The minimum atomic E-state index is -0.365. The lowest BCUT2D eigenvalue weighted by molar-refractivity contribution is 0.0935. The number of aromatic nitrogens is 6. The number of nitrogens with one attached hydrogen (secondary N) is 2. The molecule has 1 amide bonds. The Morgan fingerprint density at radius 3 is 3.00 bits per heavy atom. The Kier molecular flexibility index (Phi) is 4.05. The van der Waals surface area contributed by atoms with E-state index in [1.807, 2.05) is 0 Å². The molecule has 0 saturated carbocycles. The Balaban J connectivity index is 1.55. The summed E-state index contributed by atoms with van der Waals surface area (Å²) >= 11 is 0. The van der Waals surface area contributed by atoms with Crippen molar-refractivity contribution in [3.63, 3.8) is 0 Å². The van der Waals surface area contributed by atoms with Gasteiger partial charge in [-0.1, -0.05) is 5.16 Å². The van der Waals surface area contributed by atoms with Crippen molar-refractivity contribution < 1.29 is 13.7 Å². The van der Waals surface area contributed by atoms with Crippen LogP contribution in [-0.2, 0) is 7.05 Å². The number of aryl methyl sites for hydroxylation is 1. The van der Waals surface area contributed by atoms with Crippen LogP contribution in [0.2, 0.25) is 0 Å². The first-order valence-corrected chi connectivity index (χ1v) is 9.19. The molecule has 150 valence electrons. The lowest BCUT2D eigenvalue weighted by Crippen LogP contribution is -2.26. The lowest BCUT2D eigenvalue weighted by Gasteiger charge is -2.09. The summed E-state index contributed by atoms with van der Waals surface area (Å²) in [5, 5.41) is 11.7. The summed E-state index contributed by atoms with van der Waals surface area (Å²) in [4.78, 5) is 24.8. The number of benzene rings is 1. The van der Waals surface area contributed by atoms with Crippen molar-refractivity contribution in [1.29, 1.82) is 0 Å². The number of amides is 1. The summed E-state index contributed by atoms with van der Waals surface area (Å²) in [7, 11) is 1.73. The Morgan fingerprint density at radius 1 is 1.33 bits per heavy atom. The summed E-state index contributed by atoms with van der Waals surface area (Å²) in [6.07, 6.45) is 4.65. The number of hydrogen-bond acceptors (Lipinski definition) is 6. The molecule has 1 unspecified atom stereocenters. The Labute approximate surface area is 168 Å². The molecule has 1 atom stereocenters. The fraction of sp³-hybridized carbons (Fsp3) is 0.150. The third kappa shape index (κ3) is 2.89. The molecule has 9 nitrogen and oxygen atoms in total. The van der Waals surface area contributed by atoms with Crippen molar-refractivity contribution in [2.24, 2.45) is 7.05 Å². The molecule has 0 spiro atoms. The van der Waals surface area contributed by atoms with Crippen LogP contribution < -0.4 is 5.32 Å². The second kappa shape index (κ2) is 6.76. The number of carbonyl (C=O) groups is 1. The predicted molar refractivity (Wildman–Crippen MR) is 106 cm³/mol. The number of hydrogen-bond donors (Lipinski definition) is 2. The molecule has 5 rings (SSSR count). The highest BCUT2D eigenvalue weighted by Crippen LogP contribution is 2.28. The van der Waals surface area contributed by atoms with Gasteiger partial charge in [-0.25, -0.2) is 14.4 Å². The van der Waals surface area contributed by atoms with Crippen LogP contribution >= 0.6 is 0 Å². The smallest absolute Gasteiger partial charge is 0.255 e. The van der Waals surface area contributed by atoms with E-state index < -0.39 is 0 Å². The molecular weight excluding hydrogens is 389 g/mol. The molecule has 4 aromatic heterocycles. The van der Waals surface area contributed by atoms with Crippen LogP contribution in [0.25, 0.3) is 33.5 Å². The zero-order valence-corrected chi connectivity index (χ0v) is 16.0. The topological polar surface area (TPSA) is 115 Å². The van der Waals surface area contributed by atoms with Crippen LogP contribution in [0, 0.1) is 5.82 Å². The van der Waals surface area contributed by atoms with E-state index >= 15 is 0 Å². The quantitative estimate of drug-likeness (QED) is 0.475. The molecule has 2 N–H and O–H groups in total. The van der Waals surface area contributed by atoms with Gasteiger partial charge in [-0.2, -0.15) is 5.10 Å². The van der Waals surface area contributed by atoms with E-state index in [0.717, 1.165) is 5.39 Å². The van der Waals surface area contributed by atoms with E-state index in [1.165, 1.54) is 18.3 Å². The zero-order chi connectivity index (χ0) is 20.8. The number of halogens is 1. The molecule has 0 radical (unpaired) electrons. The van der Waals surface area contributed by atoms with Crippen molar-refractivity contribution in [2.75, 3.05) is 0 Å². The van der Waals surface area contributed by atoms with Crippen LogP contribution in [0.1, 0.15) is 29.1 Å². The first-order chi connectivity index (χ1) is 14.5. The summed E-state index contributed by atoms with van der Waals surface area (Å²) in [5.74, 6) is -0.129. The molecule has 30 heavy (non-hydrogen) atoms. The predicted octanol–water partition coefficient (Wildman–Crippen LogP) is 3.13. The maximum atomic E-state index is 13.6. The highest BCUT2D eigenvalue weighted by Gasteiger charge is 2.20. The van der Waals surface area contributed by atoms with E-state index in [4.69, 9.17) is 4.52 Å². The van der Waals surface area contributed by atoms with Gasteiger partial charge in [0, 0.05) is 24.7 Å². The van der Waals surface area contributed by atoms with Crippen molar-refractivity contribution in [1.82, 2.24) is 35.2 Å². The van der Waals surface area contributed by atoms with Gasteiger partial charge >= 0.3 is 0 Å². The highest BCUT2D eigenvalue weighted by atomic mass is 19.1. The van der Waals surface area contributed by atoms with Gasteiger partial charge in [-0.3, -0.25) is 9.48 Å². The number of H-pyrrole nitrogens is 1. The normalized spacial score (nSPS) is 12.5. The van der Waals surface area contributed by atoms with E-state index in [1.54, 1.807) is 43.2 Å². The van der Waals surface area contributed by atoms with Crippen LogP contribution in [-0.4, -0.2) is 35.8 Å². The SMILES string of the molecule is CC(NC(=O)c1c[nH]c2ncc(-c3nn(C)c4cc(F)ccc34)nc12)c1ccno1.